The largest absolute Gasteiger partial charge is 0.349 e. The molecule has 1 aliphatic rings. The number of rotatable bonds is 3. The lowest BCUT2D eigenvalue weighted by Gasteiger charge is -2.02. The van der Waals surface area contributed by atoms with Crippen LogP contribution in [-0.2, 0) is 0 Å². The molecule has 0 spiro atoms. The number of benzene rings is 1. The van der Waals surface area contributed by atoms with Crippen molar-refractivity contribution in [3.8, 4) is 0 Å². The van der Waals surface area contributed by atoms with Crippen molar-refractivity contribution < 1.29 is 4.79 Å². The number of carbonyl (C=O) groups excluding carboxylic acids is 1. The summed E-state index contributed by atoms with van der Waals surface area (Å²) in [5.41, 5.74) is 0.739. The lowest BCUT2D eigenvalue weighted by Crippen LogP contribution is -2.26. The van der Waals surface area contributed by atoms with E-state index in [0.29, 0.717) is 12.0 Å². The minimum atomic E-state index is 0.0348. The average Bonchev–Trinajstić information content (AvgIpc) is 2.98. The lowest BCUT2D eigenvalue weighted by atomic mass is 10.2. The van der Waals surface area contributed by atoms with Gasteiger partial charge in [0.2, 0.25) is 0 Å². The van der Waals surface area contributed by atoms with Crippen LogP contribution in [-0.4, -0.2) is 11.9 Å². The predicted molar refractivity (Wildman–Crippen MR) is 60.6 cm³/mol. The Kier molecular flexibility index (Phi) is 2.86. The van der Waals surface area contributed by atoms with E-state index in [1.807, 2.05) is 43.3 Å². The highest BCUT2D eigenvalue weighted by Gasteiger charge is 2.35. The van der Waals surface area contributed by atoms with Gasteiger partial charge in [-0.1, -0.05) is 30.4 Å². The summed E-state index contributed by atoms with van der Waals surface area (Å²) in [6.07, 6.45) is 5.26. The summed E-state index contributed by atoms with van der Waals surface area (Å²) in [4.78, 5) is 11.7. The van der Waals surface area contributed by atoms with E-state index in [1.54, 1.807) is 0 Å². The smallest absolute Gasteiger partial charge is 0.251 e. The second-order valence-corrected chi connectivity index (χ2v) is 3.87. The average molecular weight is 201 g/mol. The van der Waals surface area contributed by atoms with Crippen LogP contribution in [0.1, 0.15) is 23.7 Å². The highest BCUT2D eigenvalue weighted by molar-refractivity contribution is 5.94. The van der Waals surface area contributed by atoms with Crippen LogP contribution in [0.3, 0.4) is 0 Å². The van der Waals surface area contributed by atoms with Crippen molar-refractivity contribution in [1.82, 2.24) is 5.32 Å². The summed E-state index contributed by atoms with van der Waals surface area (Å²) in [5, 5.41) is 3.01. The van der Waals surface area contributed by atoms with Gasteiger partial charge in [-0.25, -0.2) is 0 Å². The van der Waals surface area contributed by atoms with Crippen molar-refractivity contribution >= 4 is 5.91 Å². The molecule has 1 saturated carbocycles. The monoisotopic (exact) mass is 201 g/mol. The number of allylic oxidation sites excluding steroid dienone is 1. The molecule has 0 aliphatic heterocycles. The van der Waals surface area contributed by atoms with Crippen LogP contribution in [0.5, 0.6) is 0 Å². The first-order chi connectivity index (χ1) is 7.31. The molecule has 1 aromatic rings. The van der Waals surface area contributed by atoms with Gasteiger partial charge in [-0.3, -0.25) is 4.79 Å². The van der Waals surface area contributed by atoms with Crippen molar-refractivity contribution in [2.24, 2.45) is 5.92 Å². The maximum Gasteiger partial charge on any atom is 0.251 e. The molecule has 15 heavy (non-hydrogen) atoms. The molecular weight excluding hydrogens is 186 g/mol. The van der Waals surface area contributed by atoms with E-state index in [2.05, 4.69) is 11.4 Å². The zero-order valence-corrected chi connectivity index (χ0v) is 8.81. The van der Waals surface area contributed by atoms with Crippen LogP contribution in [0.25, 0.3) is 0 Å². The van der Waals surface area contributed by atoms with Crippen molar-refractivity contribution in [2.45, 2.75) is 19.4 Å². The Bertz CT molecular complexity index is 369. The van der Waals surface area contributed by atoms with E-state index >= 15 is 0 Å². The third-order valence-corrected chi connectivity index (χ3v) is 2.63. The zero-order valence-electron chi connectivity index (χ0n) is 8.81. The molecular formula is C13H15NO. The standard InChI is InChI=1S/C13H15NO/c1-2-6-11-9-12(11)14-13(15)10-7-4-3-5-8-10/h2-8,11-12H,9H2,1H3,(H,14,15). The van der Waals surface area contributed by atoms with Gasteiger partial charge in [0, 0.05) is 11.6 Å². The van der Waals surface area contributed by atoms with Crippen LogP contribution in [0.2, 0.25) is 0 Å². The van der Waals surface area contributed by atoms with Crippen molar-refractivity contribution in [2.75, 3.05) is 0 Å². The molecule has 1 amide bonds. The molecule has 1 aromatic carbocycles. The minimum absolute atomic E-state index is 0.0348. The van der Waals surface area contributed by atoms with Crippen molar-refractivity contribution in [3.05, 3.63) is 48.0 Å². The molecule has 2 unspecified atom stereocenters. The Morgan fingerprint density at radius 2 is 2.13 bits per heavy atom. The maximum absolute atomic E-state index is 11.7. The Labute approximate surface area is 90.0 Å². The van der Waals surface area contributed by atoms with Crippen LogP contribution in [0, 0.1) is 5.92 Å². The number of nitrogens with one attached hydrogen (secondary N) is 1. The fourth-order valence-electron chi connectivity index (χ4n) is 1.68. The van der Waals surface area contributed by atoms with E-state index in [4.69, 9.17) is 0 Å². The quantitative estimate of drug-likeness (QED) is 0.747. The SMILES string of the molecule is CC=CC1CC1NC(=O)c1ccccc1. The second kappa shape index (κ2) is 4.30. The first kappa shape index (κ1) is 9.97. The first-order valence-electron chi connectivity index (χ1n) is 5.30. The fraction of sp³-hybridized carbons (Fsp3) is 0.308. The van der Waals surface area contributed by atoms with Gasteiger partial charge in [-0.2, -0.15) is 0 Å². The summed E-state index contributed by atoms with van der Waals surface area (Å²) in [7, 11) is 0. The third kappa shape index (κ3) is 2.46. The summed E-state index contributed by atoms with van der Waals surface area (Å²) in [6.45, 7) is 2.01. The molecule has 2 rings (SSSR count). The molecule has 1 N–H and O–H groups in total. The lowest BCUT2D eigenvalue weighted by molar-refractivity contribution is 0.0950. The van der Waals surface area contributed by atoms with Gasteiger partial charge in [0.25, 0.3) is 5.91 Å². The molecule has 2 atom stereocenters. The van der Waals surface area contributed by atoms with Crippen LogP contribution in [0.15, 0.2) is 42.5 Å². The molecule has 0 saturated heterocycles. The summed E-state index contributed by atoms with van der Waals surface area (Å²) >= 11 is 0. The van der Waals surface area contributed by atoms with Crippen LogP contribution < -0.4 is 5.32 Å². The Morgan fingerprint density at radius 3 is 2.80 bits per heavy atom. The van der Waals surface area contributed by atoms with Gasteiger partial charge in [0.15, 0.2) is 0 Å². The molecule has 2 heteroatoms. The van der Waals surface area contributed by atoms with Gasteiger partial charge >= 0.3 is 0 Å². The van der Waals surface area contributed by atoms with Crippen LogP contribution in [0.4, 0.5) is 0 Å². The van der Waals surface area contributed by atoms with E-state index < -0.39 is 0 Å². The molecule has 2 nitrogen and oxygen atoms in total. The maximum atomic E-state index is 11.7. The van der Waals surface area contributed by atoms with E-state index in [1.165, 1.54) is 0 Å². The van der Waals surface area contributed by atoms with Crippen molar-refractivity contribution in [1.29, 1.82) is 0 Å². The van der Waals surface area contributed by atoms with Crippen LogP contribution >= 0.6 is 0 Å². The number of amides is 1. The molecule has 0 bridgehead atoms. The number of hydrogen-bond donors (Lipinski definition) is 1. The molecule has 0 heterocycles. The molecule has 0 radical (unpaired) electrons. The molecule has 1 fully saturated rings. The topological polar surface area (TPSA) is 29.1 Å². The number of hydrogen-bond acceptors (Lipinski definition) is 1. The highest BCUT2D eigenvalue weighted by atomic mass is 16.1. The normalized spacial score (nSPS) is 24.1. The van der Waals surface area contributed by atoms with Crippen molar-refractivity contribution in [3.63, 3.8) is 0 Å². The van der Waals surface area contributed by atoms with Gasteiger partial charge in [0.05, 0.1) is 0 Å². The molecule has 78 valence electrons. The number of carbonyl (C=O) groups is 1. The van der Waals surface area contributed by atoms with Gasteiger partial charge < -0.3 is 5.32 Å². The van der Waals surface area contributed by atoms with E-state index in [-0.39, 0.29) is 5.91 Å². The Balaban J connectivity index is 1.90. The highest BCUT2D eigenvalue weighted by Crippen LogP contribution is 2.31. The molecule has 0 aromatic heterocycles. The Morgan fingerprint density at radius 1 is 1.40 bits per heavy atom. The second-order valence-electron chi connectivity index (χ2n) is 3.87. The zero-order chi connectivity index (χ0) is 10.7. The fourth-order valence-corrected chi connectivity index (χ4v) is 1.68. The third-order valence-electron chi connectivity index (χ3n) is 2.63. The van der Waals surface area contributed by atoms with Gasteiger partial charge in [-0.05, 0) is 31.4 Å². The van der Waals surface area contributed by atoms with E-state index in [0.717, 1.165) is 12.0 Å². The summed E-state index contributed by atoms with van der Waals surface area (Å²) in [5.74, 6) is 0.579. The first-order valence-corrected chi connectivity index (χ1v) is 5.30. The predicted octanol–water partition coefficient (Wildman–Crippen LogP) is 2.38. The molecule has 1 aliphatic carbocycles. The summed E-state index contributed by atoms with van der Waals surface area (Å²) < 4.78 is 0. The Hall–Kier alpha value is -1.57. The summed E-state index contributed by atoms with van der Waals surface area (Å²) in [6, 6.07) is 9.69. The van der Waals surface area contributed by atoms with E-state index in [9.17, 15) is 4.79 Å². The van der Waals surface area contributed by atoms with Gasteiger partial charge in [-0.15, -0.1) is 0 Å². The van der Waals surface area contributed by atoms with Gasteiger partial charge in [0.1, 0.15) is 0 Å². The minimum Gasteiger partial charge on any atom is -0.349 e.